The van der Waals surface area contributed by atoms with Gasteiger partial charge in [0.05, 0.1) is 11.5 Å². The minimum absolute atomic E-state index is 0.0664. The summed E-state index contributed by atoms with van der Waals surface area (Å²) in [6, 6.07) is 10.6. The van der Waals surface area contributed by atoms with E-state index >= 15 is 0 Å². The minimum atomic E-state index is -0.0664. The molecule has 2 fully saturated rings. The Balaban J connectivity index is 1.85. The molecule has 0 radical (unpaired) electrons. The summed E-state index contributed by atoms with van der Waals surface area (Å²) in [5.41, 5.74) is 1.18. The molecule has 0 bridgehead atoms. The molecule has 3 rings (SSSR count). The molecule has 2 aliphatic rings. The summed E-state index contributed by atoms with van der Waals surface area (Å²) < 4.78 is 0. The molecule has 1 saturated carbocycles. The summed E-state index contributed by atoms with van der Waals surface area (Å²) in [6.45, 7) is 5.27. The molecule has 18 heavy (non-hydrogen) atoms. The predicted octanol–water partition coefficient (Wildman–Crippen LogP) is 3.40. The lowest BCUT2D eigenvalue weighted by molar-refractivity contribution is -0.137. The predicted molar refractivity (Wildman–Crippen MR) is 72.0 cm³/mol. The van der Waals surface area contributed by atoms with Crippen LogP contribution < -0.4 is 0 Å². The van der Waals surface area contributed by atoms with Gasteiger partial charge in [0.1, 0.15) is 0 Å². The zero-order chi connectivity index (χ0) is 12.8. The van der Waals surface area contributed by atoms with E-state index in [0.29, 0.717) is 11.8 Å². The number of hydrogen-bond donors (Lipinski definition) is 0. The van der Waals surface area contributed by atoms with Gasteiger partial charge in [0.25, 0.3) is 0 Å². The van der Waals surface area contributed by atoms with Crippen LogP contribution >= 0.6 is 0 Å². The van der Waals surface area contributed by atoms with E-state index in [1.54, 1.807) is 0 Å². The fourth-order valence-corrected chi connectivity index (χ4v) is 3.71. The van der Waals surface area contributed by atoms with Crippen LogP contribution in [-0.4, -0.2) is 17.4 Å². The van der Waals surface area contributed by atoms with Gasteiger partial charge in [-0.3, -0.25) is 4.79 Å². The Hall–Kier alpha value is -1.31. The third-order valence-corrected chi connectivity index (χ3v) is 5.07. The summed E-state index contributed by atoms with van der Waals surface area (Å²) in [4.78, 5) is 14.7. The molecular formula is C16H21NO. The second-order valence-electron chi connectivity index (χ2n) is 6.05. The third-order valence-electron chi connectivity index (χ3n) is 5.07. The first-order valence-corrected chi connectivity index (χ1v) is 6.99. The largest absolute Gasteiger partial charge is 0.335 e. The van der Waals surface area contributed by atoms with Crippen LogP contribution in [-0.2, 0) is 4.79 Å². The number of rotatable bonds is 2. The molecule has 0 spiro atoms. The summed E-state index contributed by atoms with van der Waals surface area (Å²) >= 11 is 0. The van der Waals surface area contributed by atoms with Gasteiger partial charge in [-0.25, -0.2) is 0 Å². The molecule has 96 valence electrons. The first kappa shape index (κ1) is 11.8. The van der Waals surface area contributed by atoms with Crippen molar-refractivity contribution in [3.63, 3.8) is 0 Å². The van der Waals surface area contributed by atoms with E-state index in [4.69, 9.17) is 0 Å². The van der Waals surface area contributed by atoms with Crippen LogP contribution in [0.4, 0.5) is 0 Å². The van der Waals surface area contributed by atoms with E-state index in [1.807, 2.05) is 6.07 Å². The van der Waals surface area contributed by atoms with Crippen molar-refractivity contribution in [1.82, 2.24) is 4.90 Å². The van der Waals surface area contributed by atoms with Gasteiger partial charge in [-0.2, -0.15) is 0 Å². The molecule has 1 amide bonds. The third kappa shape index (κ3) is 1.58. The van der Waals surface area contributed by atoms with Gasteiger partial charge >= 0.3 is 0 Å². The fourth-order valence-electron chi connectivity index (χ4n) is 3.71. The second-order valence-corrected chi connectivity index (χ2v) is 6.05. The first-order valence-electron chi connectivity index (χ1n) is 6.99. The number of benzene rings is 1. The molecule has 1 aromatic rings. The zero-order valence-corrected chi connectivity index (χ0v) is 11.2. The van der Waals surface area contributed by atoms with Crippen molar-refractivity contribution in [1.29, 1.82) is 0 Å². The summed E-state index contributed by atoms with van der Waals surface area (Å²) in [6.07, 6.45) is 3.52. The average Bonchev–Trinajstić information content (AvgIpc) is 2.87. The Bertz CT molecular complexity index is 455. The van der Waals surface area contributed by atoms with Crippen LogP contribution in [0.1, 0.15) is 44.7 Å². The first-order chi connectivity index (χ1) is 8.63. The highest BCUT2D eigenvalue weighted by molar-refractivity contribution is 5.85. The van der Waals surface area contributed by atoms with Crippen LogP contribution in [0.25, 0.3) is 0 Å². The van der Waals surface area contributed by atoms with E-state index in [1.165, 1.54) is 18.4 Å². The average molecular weight is 243 g/mol. The molecule has 1 saturated heterocycles. The number of carbonyl (C=O) groups excluding carboxylic acids is 1. The number of fused-ring (bicyclic) bond motifs is 1. The van der Waals surface area contributed by atoms with Crippen LogP contribution in [0, 0.1) is 11.3 Å². The zero-order valence-electron chi connectivity index (χ0n) is 11.2. The van der Waals surface area contributed by atoms with Gasteiger partial charge in [0, 0.05) is 6.54 Å². The highest BCUT2D eigenvalue weighted by Crippen LogP contribution is 2.50. The normalized spacial score (nSPS) is 32.7. The van der Waals surface area contributed by atoms with Crippen LogP contribution in [0.15, 0.2) is 30.3 Å². The molecule has 2 heteroatoms. The number of carbonyl (C=O) groups is 1. The minimum Gasteiger partial charge on any atom is -0.335 e. The van der Waals surface area contributed by atoms with Gasteiger partial charge in [-0.05, 0) is 31.2 Å². The smallest absolute Gasteiger partial charge is 0.229 e. The van der Waals surface area contributed by atoms with Crippen molar-refractivity contribution in [2.45, 2.75) is 39.2 Å². The van der Waals surface area contributed by atoms with Crippen molar-refractivity contribution >= 4 is 5.91 Å². The Labute approximate surface area is 109 Å². The molecule has 0 aromatic heterocycles. The van der Waals surface area contributed by atoms with Gasteiger partial charge in [0.15, 0.2) is 0 Å². The van der Waals surface area contributed by atoms with Crippen molar-refractivity contribution in [2.24, 2.45) is 11.3 Å². The Morgan fingerprint density at radius 2 is 2.06 bits per heavy atom. The van der Waals surface area contributed by atoms with E-state index in [2.05, 4.69) is 43.0 Å². The maximum absolute atomic E-state index is 12.6. The number of nitrogens with zero attached hydrogens (tertiary/aromatic N) is 1. The molecule has 0 N–H and O–H groups in total. The SMILES string of the molecule is C[C@H](c1ccccc1)N1CC2CCC[C@]2(C)C1=O. The van der Waals surface area contributed by atoms with Crippen LogP contribution in [0.2, 0.25) is 0 Å². The highest BCUT2D eigenvalue weighted by atomic mass is 16.2. The lowest BCUT2D eigenvalue weighted by atomic mass is 9.82. The number of amides is 1. The monoisotopic (exact) mass is 243 g/mol. The lowest BCUT2D eigenvalue weighted by Crippen LogP contribution is -2.34. The second kappa shape index (κ2) is 4.11. The maximum Gasteiger partial charge on any atom is 0.229 e. The van der Waals surface area contributed by atoms with E-state index in [-0.39, 0.29) is 11.5 Å². The van der Waals surface area contributed by atoms with Crippen molar-refractivity contribution in [3.05, 3.63) is 35.9 Å². The Kier molecular flexibility index (Phi) is 2.69. The van der Waals surface area contributed by atoms with Crippen molar-refractivity contribution in [2.75, 3.05) is 6.54 Å². The number of hydrogen-bond acceptors (Lipinski definition) is 1. The van der Waals surface area contributed by atoms with Crippen molar-refractivity contribution in [3.8, 4) is 0 Å². The number of likely N-dealkylation sites (tertiary alicyclic amines) is 1. The van der Waals surface area contributed by atoms with Gasteiger partial charge in [0.2, 0.25) is 5.91 Å². The lowest BCUT2D eigenvalue weighted by Gasteiger charge is -2.27. The topological polar surface area (TPSA) is 20.3 Å². The summed E-state index contributed by atoms with van der Waals surface area (Å²) in [7, 11) is 0. The maximum atomic E-state index is 12.6. The molecule has 1 aliphatic heterocycles. The molecule has 1 heterocycles. The van der Waals surface area contributed by atoms with Gasteiger partial charge in [-0.15, -0.1) is 0 Å². The van der Waals surface area contributed by atoms with E-state index in [9.17, 15) is 4.79 Å². The summed E-state index contributed by atoms with van der Waals surface area (Å²) in [5, 5.41) is 0. The molecule has 1 aliphatic carbocycles. The van der Waals surface area contributed by atoms with Crippen LogP contribution in [0.3, 0.4) is 0 Å². The molecule has 1 aromatic carbocycles. The highest BCUT2D eigenvalue weighted by Gasteiger charge is 2.53. The van der Waals surface area contributed by atoms with E-state index in [0.717, 1.165) is 13.0 Å². The van der Waals surface area contributed by atoms with Crippen LogP contribution in [0.5, 0.6) is 0 Å². The fraction of sp³-hybridized carbons (Fsp3) is 0.562. The molecular weight excluding hydrogens is 222 g/mol. The standard InChI is InChI=1S/C16H21NO/c1-12(13-7-4-3-5-8-13)17-11-14-9-6-10-16(14,2)15(17)18/h3-5,7-8,12,14H,6,9-11H2,1-2H3/t12-,14?,16+/m1/s1. The quantitative estimate of drug-likeness (QED) is 0.779. The van der Waals surface area contributed by atoms with Gasteiger partial charge < -0.3 is 4.90 Å². The molecule has 2 nitrogen and oxygen atoms in total. The van der Waals surface area contributed by atoms with E-state index < -0.39 is 0 Å². The summed E-state index contributed by atoms with van der Waals surface area (Å²) in [5.74, 6) is 0.956. The van der Waals surface area contributed by atoms with Crippen molar-refractivity contribution < 1.29 is 4.79 Å². The Morgan fingerprint density at radius 1 is 1.33 bits per heavy atom. The molecule has 1 unspecified atom stereocenters. The van der Waals surface area contributed by atoms with Gasteiger partial charge in [-0.1, -0.05) is 43.7 Å². The molecule has 3 atom stereocenters. The Morgan fingerprint density at radius 3 is 2.72 bits per heavy atom.